The second kappa shape index (κ2) is 6.18. The van der Waals surface area contributed by atoms with E-state index in [4.69, 9.17) is 0 Å². The zero-order valence-corrected chi connectivity index (χ0v) is 11.3. The summed E-state index contributed by atoms with van der Waals surface area (Å²) in [4.78, 5) is 25.0. The second-order valence-electron chi connectivity index (χ2n) is 4.45. The Morgan fingerprint density at radius 3 is 2.72 bits per heavy atom. The van der Waals surface area contributed by atoms with Crippen LogP contribution in [0.25, 0.3) is 0 Å². The Labute approximate surface area is 107 Å². The molecule has 18 heavy (non-hydrogen) atoms. The van der Waals surface area contributed by atoms with Crippen LogP contribution in [0.5, 0.6) is 0 Å². The van der Waals surface area contributed by atoms with Crippen LogP contribution in [0.2, 0.25) is 0 Å². The van der Waals surface area contributed by atoms with Crippen molar-refractivity contribution in [2.75, 3.05) is 18.9 Å². The van der Waals surface area contributed by atoms with Crippen LogP contribution in [0.4, 0.5) is 5.69 Å². The third-order valence-corrected chi connectivity index (χ3v) is 2.51. The molecule has 0 fully saturated rings. The van der Waals surface area contributed by atoms with Gasteiger partial charge in [-0.3, -0.25) is 9.59 Å². The summed E-state index contributed by atoms with van der Waals surface area (Å²) in [6.07, 6.45) is 1.56. The Balaban J connectivity index is 2.80. The van der Waals surface area contributed by atoms with Gasteiger partial charge in [-0.2, -0.15) is 5.10 Å². The minimum absolute atomic E-state index is 0.0227. The third-order valence-electron chi connectivity index (χ3n) is 2.51. The number of carbonyl (C=O) groups excluding carboxylic acids is 1. The molecule has 0 saturated heterocycles. The lowest BCUT2D eigenvalue weighted by molar-refractivity contribution is -0.130. The predicted octanol–water partition coefficient (Wildman–Crippen LogP) is 0.542. The lowest BCUT2D eigenvalue weighted by atomic mass is 10.3. The molecule has 0 radical (unpaired) electrons. The maximum atomic E-state index is 11.8. The van der Waals surface area contributed by atoms with E-state index in [9.17, 15) is 9.59 Å². The number of hydrogen-bond acceptors (Lipinski definition) is 4. The fourth-order valence-corrected chi connectivity index (χ4v) is 1.39. The molecule has 1 amide bonds. The van der Waals surface area contributed by atoms with Crippen molar-refractivity contribution in [1.82, 2.24) is 14.7 Å². The van der Waals surface area contributed by atoms with Gasteiger partial charge in [0.15, 0.2) is 0 Å². The van der Waals surface area contributed by atoms with Crippen molar-refractivity contribution in [3.05, 3.63) is 22.6 Å². The summed E-state index contributed by atoms with van der Waals surface area (Å²) in [5.74, 6) is -0.128. The average molecular weight is 252 g/mol. The van der Waals surface area contributed by atoms with E-state index in [1.54, 1.807) is 18.1 Å². The average Bonchev–Trinajstić information content (AvgIpc) is 2.30. The molecule has 1 aromatic heterocycles. The van der Waals surface area contributed by atoms with Crippen LogP contribution in [0.1, 0.15) is 20.8 Å². The smallest absolute Gasteiger partial charge is 0.269 e. The van der Waals surface area contributed by atoms with Crippen molar-refractivity contribution in [3.8, 4) is 0 Å². The van der Waals surface area contributed by atoms with Crippen LogP contribution >= 0.6 is 0 Å². The van der Waals surface area contributed by atoms with Gasteiger partial charge in [0.25, 0.3) is 5.56 Å². The number of rotatable bonds is 5. The molecule has 0 atom stereocenters. The van der Waals surface area contributed by atoms with Gasteiger partial charge in [0.1, 0.15) is 6.54 Å². The van der Waals surface area contributed by atoms with Crippen LogP contribution in [-0.2, 0) is 11.3 Å². The molecule has 0 saturated carbocycles. The van der Waals surface area contributed by atoms with Crippen LogP contribution < -0.4 is 10.9 Å². The molecule has 1 N–H and O–H groups in total. The fourth-order valence-electron chi connectivity index (χ4n) is 1.39. The van der Waals surface area contributed by atoms with E-state index < -0.39 is 0 Å². The van der Waals surface area contributed by atoms with Gasteiger partial charge >= 0.3 is 0 Å². The minimum Gasteiger partial charge on any atom is -0.381 e. The zero-order valence-electron chi connectivity index (χ0n) is 11.3. The molecule has 0 aliphatic carbocycles. The van der Waals surface area contributed by atoms with Gasteiger partial charge in [-0.15, -0.1) is 0 Å². The molecule has 1 heterocycles. The number of amides is 1. The number of aromatic nitrogens is 2. The number of hydrogen-bond donors (Lipinski definition) is 1. The molecule has 0 aromatic carbocycles. The van der Waals surface area contributed by atoms with E-state index in [0.29, 0.717) is 12.2 Å². The fraction of sp³-hybridized carbons (Fsp3) is 0.583. The summed E-state index contributed by atoms with van der Waals surface area (Å²) < 4.78 is 1.17. The molecule has 0 aliphatic heterocycles. The van der Waals surface area contributed by atoms with Gasteiger partial charge in [-0.05, 0) is 20.8 Å². The summed E-state index contributed by atoms with van der Waals surface area (Å²) in [7, 11) is 1.70. The normalized spacial score (nSPS) is 10.5. The van der Waals surface area contributed by atoms with Crippen molar-refractivity contribution in [2.24, 2.45) is 0 Å². The molecule has 6 nitrogen and oxygen atoms in total. The Morgan fingerprint density at radius 2 is 2.22 bits per heavy atom. The number of anilines is 1. The monoisotopic (exact) mass is 252 g/mol. The largest absolute Gasteiger partial charge is 0.381 e. The quantitative estimate of drug-likeness (QED) is 0.830. The third kappa shape index (κ3) is 3.87. The maximum Gasteiger partial charge on any atom is 0.269 e. The molecule has 0 aliphatic rings. The van der Waals surface area contributed by atoms with Crippen molar-refractivity contribution in [3.63, 3.8) is 0 Å². The molecule has 0 spiro atoms. The maximum absolute atomic E-state index is 11.8. The highest BCUT2D eigenvalue weighted by Gasteiger charge is 2.09. The molecular weight excluding hydrogens is 232 g/mol. The van der Waals surface area contributed by atoms with Gasteiger partial charge in [0, 0.05) is 25.7 Å². The summed E-state index contributed by atoms with van der Waals surface area (Å²) in [6.45, 7) is 6.42. The first-order valence-corrected chi connectivity index (χ1v) is 6.01. The second-order valence-corrected chi connectivity index (χ2v) is 4.45. The molecule has 0 unspecified atom stereocenters. The first-order chi connectivity index (χ1) is 8.43. The van der Waals surface area contributed by atoms with Gasteiger partial charge in [-0.1, -0.05) is 0 Å². The lowest BCUT2D eigenvalue weighted by Crippen LogP contribution is -2.34. The van der Waals surface area contributed by atoms with Crippen molar-refractivity contribution < 1.29 is 4.79 Å². The predicted molar refractivity (Wildman–Crippen MR) is 70.6 cm³/mol. The Bertz CT molecular complexity index is 467. The Hall–Kier alpha value is -1.85. The first-order valence-electron chi connectivity index (χ1n) is 6.01. The lowest BCUT2D eigenvalue weighted by Gasteiger charge is -2.15. The van der Waals surface area contributed by atoms with Gasteiger partial charge in [0.2, 0.25) is 5.91 Å². The standard InChI is InChI=1S/C12H20N4O2/c1-5-15(4)12(18)8-16-11(17)6-10(7-13-16)14-9(2)3/h6-7,9,14H,5,8H2,1-4H3. The van der Waals surface area contributed by atoms with E-state index in [0.717, 1.165) is 0 Å². The molecule has 6 heteroatoms. The van der Waals surface area contributed by atoms with E-state index in [2.05, 4.69) is 10.4 Å². The van der Waals surface area contributed by atoms with Crippen molar-refractivity contribution in [2.45, 2.75) is 33.4 Å². The number of likely N-dealkylation sites (N-methyl/N-ethyl adjacent to an activating group) is 1. The highest BCUT2D eigenvalue weighted by Crippen LogP contribution is 2.01. The van der Waals surface area contributed by atoms with E-state index in [-0.39, 0.29) is 24.1 Å². The molecule has 1 aromatic rings. The van der Waals surface area contributed by atoms with Gasteiger partial charge in [-0.25, -0.2) is 4.68 Å². The van der Waals surface area contributed by atoms with Crippen molar-refractivity contribution in [1.29, 1.82) is 0 Å². The van der Waals surface area contributed by atoms with Crippen molar-refractivity contribution >= 4 is 11.6 Å². The number of nitrogens with zero attached hydrogens (tertiary/aromatic N) is 3. The zero-order chi connectivity index (χ0) is 13.7. The van der Waals surface area contributed by atoms with Gasteiger partial charge < -0.3 is 10.2 Å². The van der Waals surface area contributed by atoms with Crippen LogP contribution in [0.15, 0.2) is 17.1 Å². The minimum atomic E-state index is -0.279. The van der Waals surface area contributed by atoms with Crippen LogP contribution in [0.3, 0.4) is 0 Å². The number of nitrogens with one attached hydrogen (secondary N) is 1. The van der Waals surface area contributed by atoms with E-state index in [1.165, 1.54) is 10.7 Å². The molecular formula is C12H20N4O2. The summed E-state index contributed by atoms with van der Waals surface area (Å²) in [6, 6.07) is 1.68. The van der Waals surface area contributed by atoms with Gasteiger partial charge in [0.05, 0.1) is 11.9 Å². The van der Waals surface area contributed by atoms with E-state index >= 15 is 0 Å². The summed E-state index contributed by atoms with van der Waals surface area (Å²) >= 11 is 0. The summed E-state index contributed by atoms with van der Waals surface area (Å²) in [5.41, 5.74) is 0.390. The van der Waals surface area contributed by atoms with Crippen LogP contribution in [-0.4, -0.2) is 40.2 Å². The highest BCUT2D eigenvalue weighted by molar-refractivity contribution is 5.75. The van der Waals surface area contributed by atoms with E-state index in [1.807, 2.05) is 20.8 Å². The molecule has 100 valence electrons. The number of carbonyl (C=O) groups is 1. The SMILES string of the molecule is CCN(C)C(=O)Cn1ncc(NC(C)C)cc1=O. The van der Waals surface area contributed by atoms with Crippen LogP contribution in [0, 0.1) is 0 Å². The molecule has 0 bridgehead atoms. The Kier molecular flexibility index (Phi) is 4.88. The topological polar surface area (TPSA) is 67.2 Å². The first kappa shape index (κ1) is 14.2. The highest BCUT2D eigenvalue weighted by atomic mass is 16.2. The Morgan fingerprint density at radius 1 is 1.56 bits per heavy atom. The molecule has 1 rings (SSSR count). The summed E-state index contributed by atoms with van der Waals surface area (Å²) in [5, 5.41) is 7.07.